The molecule has 0 bridgehead atoms. The average Bonchev–Trinajstić information content (AvgIpc) is 2.84. The number of benzene rings is 1. The highest BCUT2D eigenvalue weighted by molar-refractivity contribution is 5.57. The lowest BCUT2D eigenvalue weighted by Crippen LogP contribution is -2.15. The van der Waals surface area contributed by atoms with Crippen molar-refractivity contribution in [2.45, 2.75) is 26.8 Å². The molecule has 0 fully saturated rings. The van der Waals surface area contributed by atoms with Crippen molar-refractivity contribution in [3.63, 3.8) is 0 Å². The molecule has 0 amide bonds. The standard InChI is InChI=1S/C16H20FNO/c1-12(2)9-10-18-11-15-7-8-16(19-15)13-3-5-14(17)6-4-13/h3-8,12,18H,9-11H2,1-2H3. The van der Waals surface area contributed by atoms with Gasteiger partial charge in [0.2, 0.25) is 0 Å². The number of furan rings is 1. The van der Waals surface area contributed by atoms with Crippen molar-refractivity contribution in [3.05, 3.63) is 48.0 Å². The largest absolute Gasteiger partial charge is 0.460 e. The molecule has 2 nitrogen and oxygen atoms in total. The molecule has 1 heterocycles. The Bertz CT molecular complexity index is 502. The second-order valence-electron chi connectivity index (χ2n) is 5.13. The molecule has 0 atom stereocenters. The van der Waals surface area contributed by atoms with E-state index in [0.29, 0.717) is 5.92 Å². The minimum atomic E-state index is -0.231. The maximum Gasteiger partial charge on any atom is 0.134 e. The summed E-state index contributed by atoms with van der Waals surface area (Å²) in [5, 5.41) is 3.35. The smallest absolute Gasteiger partial charge is 0.134 e. The van der Waals surface area contributed by atoms with E-state index in [1.54, 1.807) is 12.1 Å². The molecule has 1 aromatic carbocycles. The molecule has 2 aromatic rings. The van der Waals surface area contributed by atoms with Crippen molar-refractivity contribution in [3.8, 4) is 11.3 Å². The molecule has 0 radical (unpaired) electrons. The van der Waals surface area contributed by atoms with Gasteiger partial charge in [0.1, 0.15) is 17.3 Å². The third kappa shape index (κ3) is 4.21. The predicted molar refractivity (Wildman–Crippen MR) is 75.3 cm³/mol. The van der Waals surface area contributed by atoms with Crippen LogP contribution in [-0.4, -0.2) is 6.54 Å². The van der Waals surface area contributed by atoms with Gasteiger partial charge in [-0.1, -0.05) is 13.8 Å². The fourth-order valence-corrected chi connectivity index (χ4v) is 1.84. The van der Waals surface area contributed by atoms with Crippen LogP contribution in [0.25, 0.3) is 11.3 Å². The zero-order chi connectivity index (χ0) is 13.7. The number of hydrogen-bond acceptors (Lipinski definition) is 2. The first-order valence-corrected chi connectivity index (χ1v) is 6.70. The highest BCUT2D eigenvalue weighted by atomic mass is 19.1. The summed E-state index contributed by atoms with van der Waals surface area (Å²) in [5.74, 6) is 2.16. The van der Waals surface area contributed by atoms with E-state index in [0.717, 1.165) is 36.6 Å². The summed E-state index contributed by atoms with van der Waals surface area (Å²) in [6.45, 7) is 6.14. The maximum absolute atomic E-state index is 12.8. The van der Waals surface area contributed by atoms with E-state index < -0.39 is 0 Å². The summed E-state index contributed by atoms with van der Waals surface area (Å²) in [5.41, 5.74) is 0.898. The van der Waals surface area contributed by atoms with E-state index in [4.69, 9.17) is 4.42 Å². The first kappa shape index (κ1) is 13.8. The van der Waals surface area contributed by atoms with E-state index >= 15 is 0 Å². The van der Waals surface area contributed by atoms with Gasteiger partial charge in [0.15, 0.2) is 0 Å². The van der Waals surface area contributed by atoms with E-state index in [2.05, 4.69) is 19.2 Å². The molecule has 0 unspecified atom stereocenters. The van der Waals surface area contributed by atoms with Gasteiger partial charge >= 0.3 is 0 Å². The summed E-state index contributed by atoms with van der Waals surface area (Å²) in [7, 11) is 0. The molecule has 0 saturated heterocycles. The Morgan fingerprint density at radius 2 is 1.84 bits per heavy atom. The van der Waals surface area contributed by atoms with Gasteiger partial charge in [-0.3, -0.25) is 0 Å². The van der Waals surface area contributed by atoms with E-state index in [1.165, 1.54) is 12.1 Å². The van der Waals surface area contributed by atoms with Crippen LogP contribution in [0.15, 0.2) is 40.8 Å². The van der Waals surface area contributed by atoms with Gasteiger partial charge in [-0.15, -0.1) is 0 Å². The molecule has 3 heteroatoms. The third-order valence-electron chi connectivity index (χ3n) is 2.99. The summed E-state index contributed by atoms with van der Waals surface area (Å²) in [4.78, 5) is 0. The average molecular weight is 261 g/mol. The van der Waals surface area contributed by atoms with E-state index in [1.807, 2.05) is 12.1 Å². The van der Waals surface area contributed by atoms with Gasteiger partial charge in [0.05, 0.1) is 6.54 Å². The number of rotatable bonds is 6. The maximum atomic E-state index is 12.8. The normalized spacial score (nSPS) is 11.2. The second kappa shape index (κ2) is 6.53. The Morgan fingerprint density at radius 3 is 2.53 bits per heavy atom. The molecule has 0 saturated carbocycles. The Kier molecular flexibility index (Phi) is 4.74. The lowest BCUT2D eigenvalue weighted by atomic mass is 10.1. The Morgan fingerprint density at radius 1 is 1.11 bits per heavy atom. The highest BCUT2D eigenvalue weighted by Gasteiger charge is 2.04. The van der Waals surface area contributed by atoms with Crippen LogP contribution in [0.1, 0.15) is 26.0 Å². The number of nitrogens with one attached hydrogen (secondary N) is 1. The zero-order valence-electron chi connectivity index (χ0n) is 11.4. The highest BCUT2D eigenvalue weighted by Crippen LogP contribution is 2.22. The van der Waals surface area contributed by atoms with E-state index in [9.17, 15) is 4.39 Å². The Hall–Kier alpha value is -1.61. The van der Waals surface area contributed by atoms with Gasteiger partial charge in [-0.05, 0) is 55.3 Å². The van der Waals surface area contributed by atoms with Gasteiger partial charge in [-0.2, -0.15) is 0 Å². The lowest BCUT2D eigenvalue weighted by Gasteiger charge is -2.05. The molecule has 1 N–H and O–H groups in total. The summed E-state index contributed by atoms with van der Waals surface area (Å²) >= 11 is 0. The van der Waals surface area contributed by atoms with Gasteiger partial charge < -0.3 is 9.73 Å². The van der Waals surface area contributed by atoms with Crippen molar-refractivity contribution in [1.29, 1.82) is 0 Å². The first-order chi connectivity index (χ1) is 9.15. The molecule has 1 aromatic heterocycles. The van der Waals surface area contributed by atoms with Crippen LogP contribution < -0.4 is 5.32 Å². The van der Waals surface area contributed by atoms with Crippen LogP contribution in [-0.2, 0) is 6.54 Å². The molecule has 0 aliphatic heterocycles. The molecule has 0 aliphatic carbocycles. The van der Waals surface area contributed by atoms with Gasteiger partial charge in [0, 0.05) is 5.56 Å². The van der Waals surface area contributed by atoms with Crippen LogP contribution in [0.4, 0.5) is 4.39 Å². The summed E-state index contributed by atoms with van der Waals surface area (Å²) in [6.07, 6.45) is 1.16. The molecule has 0 aliphatic rings. The Labute approximate surface area is 113 Å². The molecule has 0 spiro atoms. The van der Waals surface area contributed by atoms with Crippen LogP contribution in [0, 0.1) is 11.7 Å². The van der Waals surface area contributed by atoms with Crippen LogP contribution in [0.2, 0.25) is 0 Å². The van der Waals surface area contributed by atoms with Gasteiger partial charge in [-0.25, -0.2) is 4.39 Å². The summed E-state index contributed by atoms with van der Waals surface area (Å²) < 4.78 is 18.6. The van der Waals surface area contributed by atoms with Crippen LogP contribution >= 0.6 is 0 Å². The predicted octanol–water partition coefficient (Wildman–Crippen LogP) is 4.22. The second-order valence-corrected chi connectivity index (χ2v) is 5.13. The molecular formula is C16H20FNO. The monoisotopic (exact) mass is 261 g/mol. The lowest BCUT2D eigenvalue weighted by molar-refractivity contribution is 0.474. The topological polar surface area (TPSA) is 25.2 Å². The SMILES string of the molecule is CC(C)CCNCc1ccc(-c2ccc(F)cc2)o1. The molecule has 19 heavy (non-hydrogen) atoms. The molecule has 102 valence electrons. The van der Waals surface area contributed by atoms with Gasteiger partial charge in [0.25, 0.3) is 0 Å². The van der Waals surface area contributed by atoms with Crippen molar-refractivity contribution < 1.29 is 8.81 Å². The summed E-state index contributed by atoms with van der Waals surface area (Å²) in [6, 6.07) is 10.2. The fourth-order valence-electron chi connectivity index (χ4n) is 1.84. The van der Waals surface area contributed by atoms with Crippen molar-refractivity contribution in [2.75, 3.05) is 6.54 Å². The van der Waals surface area contributed by atoms with Crippen molar-refractivity contribution in [2.24, 2.45) is 5.92 Å². The first-order valence-electron chi connectivity index (χ1n) is 6.70. The van der Waals surface area contributed by atoms with Crippen molar-refractivity contribution >= 4 is 0 Å². The quantitative estimate of drug-likeness (QED) is 0.787. The fraction of sp³-hybridized carbons (Fsp3) is 0.375. The molecular weight excluding hydrogens is 241 g/mol. The van der Waals surface area contributed by atoms with Crippen molar-refractivity contribution in [1.82, 2.24) is 5.32 Å². The zero-order valence-corrected chi connectivity index (χ0v) is 11.4. The van der Waals surface area contributed by atoms with E-state index in [-0.39, 0.29) is 5.82 Å². The van der Waals surface area contributed by atoms with Crippen LogP contribution in [0.5, 0.6) is 0 Å². The third-order valence-corrected chi connectivity index (χ3v) is 2.99. The van der Waals surface area contributed by atoms with Crippen LogP contribution in [0.3, 0.4) is 0 Å². The Balaban J connectivity index is 1.90. The number of hydrogen-bond donors (Lipinski definition) is 1. The molecule has 2 rings (SSSR count). The minimum Gasteiger partial charge on any atom is -0.460 e. The minimum absolute atomic E-state index is 0.231. The number of halogens is 1.